The van der Waals surface area contributed by atoms with Gasteiger partial charge in [-0.2, -0.15) is 0 Å². The maximum atomic E-state index is 13.6. The monoisotopic (exact) mass is 466 g/mol. The minimum absolute atomic E-state index is 0.00567. The predicted octanol–water partition coefficient (Wildman–Crippen LogP) is 5.70. The fraction of sp³-hybridized carbons (Fsp3) is 0.500. The Balaban J connectivity index is 1.38. The van der Waals surface area contributed by atoms with Crippen LogP contribution in [0.3, 0.4) is 0 Å². The zero-order chi connectivity index (χ0) is 23.1. The minimum Gasteiger partial charge on any atom is -0.491 e. The van der Waals surface area contributed by atoms with Crippen molar-refractivity contribution in [3.05, 3.63) is 53.3 Å². The van der Waals surface area contributed by atoms with Gasteiger partial charge in [-0.05, 0) is 50.7 Å². The zero-order valence-corrected chi connectivity index (χ0v) is 19.1. The molecule has 1 saturated carbocycles. The van der Waals surface area contributed by atoms with Gasteiger partial charge < -0.3 is 14.8 Å². The van der Waals surface area contributed by atoms with E-state index in [1.807, 2.05) is 13.8 Å². The van der Waals surface area contributed by atoms with Gasteiger partial charge in [0.05, 0.1) is 23.9 Å². The summed E-state index contributed by atoms with van der Waals surface area (Å²) in [6.45, 7) is 4.03. The van der Waals surface area contributed by atoms with Gasteiger partial charge in [0.2, 0.25) is 5.91 Å². The summed E-state index contributed by atoms with van der Waals surface area (Å²) in [4.78, 5) is 16.8. The summed E-state index contributed by atoms with van der Waals surface area (Å²) >= 11 is 5.95. The Morgan fingerprint density at radius 2 is 1.94 bits per heavy atom. The van der Waals surface area contributed by atoms with Crippen molar-refractivity contribution in [2.75, 3.05) is 6.61 Å². The van der Waals surface area contributed by atoms with Crippen LogP contribution in [0.15, 0.2) is 36.7 Å². The molecule has 1 aromatic heterocycles. The van der Waals surface area contributed by atoms with E-state index in [1.165, 1.54) is 6.07 Å². The number of hydrogen-bond donors (Lipinski definition) is 1. The summed E-state index contributed by atoms with van der Waals surface area (Å²) < 4.78 is 37.9. The van der Waals surface area contributed by atoms with E-state index < -0.39 is 17.0 Å². The van der Waals surface area contributed by atoms with E-state index in [0.717, 1.165) is 37.8 Å². The molecule has 0 aliphatic heterocycles. The van der Waals surface area contributed by atoms with Crippen LogP contribution in [0.4, 0.5) is 8.78 Å². The Morgan fingerprint density at radius 1 is 1.19 bits per heavy atom. The van der Waals surface area contributed by atoms with Gasteiger partial charge in [0, 0.05) is 29.8 Å². The number of amides is 1. The lowest BCUT2D eigenvalue weighted by molar-refractivity contribution is -0.130. The molecule has 0 bridgehead atoms. The van der Waals surface area contributed by atoms with Crippen LogP contribution in [0, 0.1) is 17.0 Å². The SMILES string of the molecule is CC(C)(CCCOc1ccc(F)cc1F)C(=O)N[C@H]1CC[C@H](Oc2cncc(Cl)c2)CC1. The number of rotatable bonds is 9. The topological polar surface area (TPSA) is 60.5 Å². The van der Waals surface area contributed by atoms with Crippen LogP contribution in [0.5, 0.6) is 11.5 Å². The van der Waals surface area contributed by atoms with Crippen LogP contribution >= 0.6 is 11.6 Å². The van der Waals surface area contributed by atoms with Gasteiger partial charge in [-0.25, -0.2) is 8.78 Å². The van der Waals surface area contributed by atoms with E-state index in [1.54, 1.807) is 18.5 Å². The molecule has 1 heterocycles. The number of aromatic nitrogens is 1. The first-order valence-corrected chi connectivity index (χ1v) is 11.3. The fourth-order valence-electron chi connectivity index (χ4n) is 3.76. The van der Waals surface area contributed by atoms with Crippen molar-refractivity contribution >= 4 is 17.5 Å². The lowest BCUT2D eigenvalue weighted by atomic mass is 9.85. The van der Waals surface area contributed by atoms with Crippen LogP contribution in [0.1, 0.15) is 52.4 Å². The number of halogens is 3. The molecular weight excluding hydrogens is 438 g/mol. The summed E-state index contributed by atoms with van der Waals surface area (Å²) in [6.07, 6.45) is 7.82. The van der Waals surface area contributed by atoms with Crippen molar-refractivity contribution in [3.63, 3.8) is 0 Å². The van der Waals surface area contributed by atoms with E-state index in [0.29, 0.717) is 23.6 Å². The van der Waals surface area contributed by atoms with Gasteiger partial charge in [-0.1, -0.05) is 25.4 Å². The quantitative estimate of drug-likeness (QED) is 0.481. The van der Waals surface area contributed by atoms with Crippen molar-refractivity contribution in [2.45, 2.75) is 64.5 Å². The molecule has 1 aliphatic carbocycles. The van der Waals surface area contributed by atoms with Gasteiger partial charge in [-0.3, -0.25) is 9.78 Å². The maximum Gasteiger partial charge on any atom is 0.225 e. The number of carbonyl (C=O) groups excluding carboxylic acids is 1. The summed E-state index contributed by atoms with van der Waals surface area (Å²) in [6, 6.07) is 5.08. The van der Waals surface area contributed by atoms with Gasteiger partial charge >= 0.3 is 0 Å². The maximum absolute atomic E-state index is 13.6. The second-order valence-electron chi connectivity index (χ2n) is 8.81. The Labute approximate surface area is 192 Å². The highest BCUT2D eigenvalue weighted by Gasteiger charge is 2.31. The predicted molar refractivity (Wildman–Crippen MR) is 119 cm³/mol. The third-order valence-electron chi connectivity index (χ3n) is 5.70. The lowest BCUT2D eigenvalue weighted by Crippen LogP contribution is -2.45. The highest BCUT2D eigenvalue weighted by Crippen LogP contribution is 2.28. The highest BCUT2D eigenvalue weighted by molar-refractivity contribution is 6.30. The Bertz CT molecular complexity index is 918. The van der Waals surface area contributed by atoms with Crippen LogP contribution in [-0.2, 0) is 4.79 Å². The molecular formula is C24H29ClF2N2O3. The van der Waals surface area contributed by atoms with Gasteiger partial charge in [0.1, 0.15) is 11.6 Å². The summed E-state index contributed by atoms with van der Waals surface area (Å²) in [5.74, 6) is -0.702. The standard InChI is InChI=1S/C24H29ClF2N2O3/c1-24(2,10-3-11-31-22-9-4-17(26)13-21(22)27)23(30)29-18-5-7-19(8-6-18)32-20-12-16(25)14-28-15-20/h4,9,12-15,18-19H,3,5-8,10-11H2,1-2H3,(H,29,30)/t18-,19-. The van der Waals surface area contributed by atoms with Gasteiger partial charge in [-0.15, -0.1) is 0 Å². The smallest absolute Gasteiger partial charge is 0.225 e. The first-order chi connectivity index (χ1) is 15.2. The molecule has 0 atom stereocenters. The molecule has 3 rings (SSSR count). The van der Waals surface area contributed by atoms with Crippen LogP contribution in [0.2, 0.25) is 5.02 Å². The average molecular weight is 467 g/mol. The normalized spacial score (nSPS) is 18.8. The first-order valence-electron chi connectivity index (χ1n) is 10.9. The third-order valence-corrected chi connectivity index (χ3v) is 5.91. The molecule has 1 amide bonds. The zero-order valence-electron chi connectivity index (χ0n) is 18.4. The number of benzene rings is 1. The summed E-state index contributed by atoms with van der Waals surface area (Å²) in [5.41, 5.74) is -0.579. The molecule has 0 spiro atoms. The van der Waals surface area contributed by atoms with Crippen molar-refractivity contribution in [1.29, 1.82) is 0 Å². The molecule has 0 radical (unpaired) electrons. The Morgan fingerprint density at radius 3 is 2.62 bits per heavy atom. The van der Waals surface area contributed by atoms with Gasteiger partial charge in [0.25, 0.3) is 0 Å². The molecule has 1 aromatic carbocycles. The Hall–Kier alpha value is -2.41. The number of pyridine rings is 1. The second-order valence-corrected chi connectivity index (χ2v) is 9.25. The van der Waals surface area contributed by atoms with Crippen LogP contribution in [0.25, 0.3) is 0 Å². The van der Waals surface area contributed by atoms with Crippen molar-refractivity contribution in [3.8, 4) is 11.5 Å². The fourth-order valence-corrected chi connectivity index (χ4v) is 3.92. The van der Waals surface area contributed by atoms with Crippen LogP contribution in [-0.4, -0.2) is 29.6 Å². The van der Waals surface area contributed by atoms with E-state index >= 15 is 0 Å². The van der Waals surface area contributed by atoms with Gasteiger partial charge in [0.15, 0.2) is 11.6 Å². The molecule has 2 aromatic rings. The summed E-state index contributed by atoms with van der Waals surface area (Å²) in [5, 5.41) is 3.70. The molecule has 1 N–H and O–H groups in total. The number of nitrogens with one attached hydrogen (secondary N) is 1. The highest BCUT2D eigenvalue weighted by atomic mass is 35.5. The second kappa shape index (κ2) is 10.9. The van der Waals surface area contributed by atoms with Crippen LogP contribution < -0.4 is 14.8 Å². The Kier molecular flexibility index (Phi) is 8.29. The van der Waals surface area contributed by atoms with Crippen molar-refractivity contribution in [2.24, 2.45) is 5.41 Å². The minimum atomic E-state index is -0.729. The lowest BCUT2D eigenvalue weighted by Gasteiger charge is -2.32. The number of carbonyl (C=O) groups is 1. The molecule has 5 nitrogen and oxygen atoms in total. The third kappa shape index (κ3) is 7.05. The molecule has 1 fully saturated rings. The molecule has 32 heavy (non-hydrogen) atoms. The molecule has 0 saturated heterocycles. The molecule has 0 unspecified atom stereocenters. The van der Waals surface area contributed by atoms with E-state index in [4.69, 9.17) is 21.1 Å². The largest absolute Gasteiger partial charge is 0.491 e. The number of ether oxygens (including phenoxy) is 2. The number of nitrogens with zero attached hydrogens (tertiary/aromatic N) is 1. The molecule has 174 valence electrons. The molecule has 8 heteroatoms. The van der Waals surface area contributed by atoms with Crippen molar-refractivity contribution in [1.82, 2.24) is 10.3 Å². The number of hydrogen-bond acceptors (Lipinski definition) is 4. The average Bonchev–Trinajstić information content (AvgIpc) is 2.74. The van der Waals surface area contributed by atoms with E-state index in [9.17, 15) is 13.6 Å². The van der Waals surface area contributed by atoms with E-state index in [-0.39, 0.29) is 30.4 Å². The first kappa shape index (κ1) is 24.2. The summed E-state index contributed by atoms with van der Waals surface area (Å²) in [7, 11) is 0. The van der Waals surface area contributed by atoms with Crippen molar-refractivity contribution < 1.29 is 23.0 Å². The molecule has 1 aliphatic rings. The van der Waals surface area contributed by atoms with E-state index in [2.05, 4.69) is 10.3 Å².